The lowest BCUT2D eigenvalue weighted by molar-refractivity contribution is -0.195. The highest BCUT2D eigenvalue weighted by Crippen LogP contribution is 2.71. The number of carbonyl (C=O) groups excluding carboxylic acids is 2. The van der Waals surface area contributed by atoms with E-state index in [2.05, 4.69) is 35.0 Å². The smallest absolute Gasteiger partial charge is 0.335 e. The van der Waals surface area contributed by atoms with Gasteiger partial charge in [0, 0.05) is 76.1 Å². The number of nitrogens with zero attached hydrogens (tertiary/aromatic N) is 2. The van der Waals surface area contributed by atoms with Gasteiger partial charge in [-0.3, -0.25) is 19.9 Å². The van der Waals surface area contributed by atoms with Gasteiger partial charge >= 0.3 is 11.9 Å². The third-order valence-electron chi connectivity index (χ3n) is 14.1. The average Bonchev–Trinajstić information content (AvgIpc) is 3.88. The van der Waals surface area contributed by atoms with Gasteiger partial charge in [0.25, 0.3) is 0 Å². The molecule has 0 radical (unpaired) electrons. The first-order valence-corrected chi connectivity index (χ1v) is 20.7. The minimum absolute atomic E-state index is 0.00771. The molecule has 2 bridgehead atoms. The first-order valence-electron chi connectivity index (χ1n) is 19.7. The summed E-state index contributed by atoms with van der Waals surface area (Å²) in [4.78, 5) is 33.1. The lowest BCUT2D eigenvalue weighted by atomic mass is 9.70. The molecule has 14 heteroatoms. The summed E-state index contributed by atoms with van der Waals surface area (Å²) in [6.07, 6.45) is 1.55. The third-order valence-corrected chi connectivity index (χ3v) is 15.6. The predicted molar refractivity (Wildman–Crippen MR) is 208 cm³/mol. The zero-order chi connectivity index (χ0) is 39.4. The van der Waals surface area contributed by atoms with Gasteiger partial charge in [-0.1, -0.05) is 0 Å². The molecule has 9 heterocycles. The lowest BCUT2D eigenvalue weighted by Gasteiger charge is -2.68. The van der Waals surface area contributed by atoms with Crippen molar-refractivity contribution in [1.82, 2.24) is 15.1 Å². The summed E-state index contributed by atoms with van der Waals surface area (Å²) >= 11 is 1.61. The molecule has 0 amide bonds. The summed E-state index contributed by atoms with van der Waals surface area (Å²) < 4.78 is 43.3. The van der Waals surface area contributed by atoms with Crippen LogP contribution in [-0.4, -0.2) is 84.9 Å². The molecule has 0 unspecified atom stereocenters. The summed E-state index contributed by atoms with van der Waals surface area (Å²) in [6.45, 7) is 10.4. The molecule has 0 aliphatic carbocycles. The first-order chi connectivity index (χ1) is 27.4. The average molecular weight is 796 g/mol. The fourth-order valence-corrected chi connectivity index (χ4v) is 13.4. The second kappa shape index (κ2) is 12.0. The van der Waals surface area contributed by atoms with Crippen molar-refractivity contribution in [3.05, 3.63) is 69.0 Å². The number of ether oxygens (including phenoxy) is 6. The highest BCUT2D eigenvalue weighted by atomic mass is 32.2. The molecule has 2 N–H and O–H groups in total. The highest BCUT2D eigenvalue weighted by Gasteiger charge is 2.70. The number of benzene rings is 3. The molecule has 298 valence electrons. The van der Waals surface area contributed by atoms with E-state index in [1.54, 1.807) is 26.0 Å². The number of phenolic OH excluding ortho intramolecular Hbond substituents is 1. The van der Waals surface area contributed by atoms with E-state index in [4.69, 9.17) is 32.8 Å². The van der Waals surface area contributed by atoms with E-state index in [0.717, 1.165) is 45.2 Å². The van der Waals surface area contributed by atoms with Gasteiger partial charge in [-0.2, -0.15) is 0 Å². The van der Waals surface area contributed by atoms with E-state index in [1.807, 2.05) is 32.0 Å². The van der Waals surface area contributed by atoms with Crippen molar-refractivity contribution in [2.45, 2.75) is 94.0 Å². The Morgan fingerprint density at radius 3 is 2.63 bits per heavy atom. The van der Waals surface area contributed by atoms with Crippen molar-refractivity contribution >= 4 is 34.7 Å². The molecule has 1 aromatic heterocycles. The van der Waals surface area contributed by atoms with Gasteiger partial charge in [0.2, 0.25) is 6.79 Å². The van der Waals surface area contributed by atoms with Gasteiger partial charge in [0.1, 0.15) is 29.4 Å². The number of aromatic hydroxyl groups is 1. The van der Waals surface area contributed by atoms with Crippen LogP contribution in [0.25, 0.3) is 11.0 Å². The topological polar surface area (TPSA) is 141 Å². The molecule has 8 aliphatic rings. The summed E-state index contributed by atoms with van der Waals surface area (Å²) in [5, 5.41) is 16.3. The number of rotatable bonds is 3. The van der Waals surface area contributed by atoms with Gasteiger partial charge < -0.3 is 37.9 Å². The molecule has 3 saturated heterocycles. The van der Waals surface area contributed by atoms with Crippen LogP contribution in [0.15, 0.2) is 28.7 Å². The Labute approximate surface area is 333 Å². The number of esters is 2. The Hall–Kier alpha value is -4.63. The summed E-state index contributed by atoms with van der Waals surface area (Å²) in [5.74, 6) is 2.78. The van der Waals surface area contributed by atoms with E-state index < -0.39 is 28.8 Å². The summed E-state index contributed by atoms with van der Waals surface area (Å²) in [5.41, 5.74) is 5.12. The number of methoxy groups -OCH3 is 2. The first kappa shape index (κ1) is 35.5. The molecule has 4 aromatic rings. The molecule has 12 rings (SSSR count). The molecule has 8 aliphatic heterocycles. The number of nitrogens with one attached hydrogen (secondary N) is 1. The maximum atomic E-state index is 14.9. The minimum Gasteiger partial charge on any atom is -0.504 e. The quantitative estimate of drug-likeness (QED) is 0.186. The Bertz CT molecular complexity index is 2470. The SMILES string of the molecule is COc1ccc2oc3c(c2c1)CCN[C@]31CS[C@@H]2c3c(OC(C)=O)c(C)c4c(c3[C@H](COC1=O)N1[C@@H]2[C@H]2c3c(cc(C)c(OC)c3O)[C@@]3(C)C[C@H]([C@@H]1C)N23)OCO4. The van der Waals surface area contributed by atoms with E-state index in [0.29, 0.717) is 58.6 Å². The van der Waals surface area contributed by atoms with Crippen LogP contribution in [0.2, 0.25) is 0 Å². The maximum absolute atomic E-state index is 14.9. The number of carbonyl (C=O) groups is 2. The molecule has 3 aromatic carbocycles. The second-order valence-corrected chi connectivity index (χ2v) is 17.9. The van der Waals surface area contributed by atoms with E-state index in [1.165, 1.54) is 6.92 Å². The van der Waals surface area contributed by atoms with Crippen molar-refractivity contribution in [2.24, 2.45) is 0 Å². The molecule has 0 saturated carbocycles. The number of hydrogen-bond donors (Lipinski definition) is 2. The number of aryl methyl sites for hydroxylation is 1. The normalized spacial score (nSPS) is 31.8. The van der Waals surface area contributed by atoms with Crippen LogP contribution in [0.3, 0.4) is 0 Å². The van der Waals surface area contributed by atoms with Crippen LogP contribution in [0, 0.1) is 13.8 Å². The maximum Gasteiger partial charge on any atom is 0.335 e. The van der Waals surface area contributed by atoms with Gasteiger partial charge in [-0.25, -0.2) is 4.79 Å². The van der Waals surface area contributed by atoms with E-state index in [9.17, 15) is 14.7 Å². The fraction of sp³-hybridized carbons (Fsp3) is 0.488. The Morgan fingerprint density at radius 2 is 1.86 bits per heavy atom. The molecule has 1 spiro atoms. The number of thioether (sulfide) groups is 1. The van der Waals surface area contributed by atoms with Crippen LogP contribution in [-0.2, 0) is 31.8 Å². The van der Waals surface area contributed by atoms with Crippen LogP contribution in [0.5, 0.6) is 34.5 Å². The Kier molecular flexibility index (Phi) is 7.46. The molecule has 8 atom stereocenters. The van der Waals surface area contributed by atoms with Crippen LogP contribution < -0.4 is 29.0 Å². The molecular formula is C43H45N3O10S. The monoisotopic (exact) mass is 795 g/mol. The lowest BCUT2D eigenvalue weighted by Crippen LogP contribution is -2.75. The van der Waals surface area contributed by atoms with Crippen molar-refractivity contribution in [2.75, 3.05) is 39.9 Å². The summed E-state index contributed by atoms with van der Waals surface area (Å²) in [7, 11) is 3.23. The van der Waals surface area contributed by atoms with Crippen LogP contribution in [0.4, 0.5) is 0 Å². The Morgan fingerprint density at radius 1 is 1.05 bits per heavy atom. The number of furan rings is 1. The van der Waals surface area contributed by atoms with E-state index in [-0.39, 0.29) is 54.6 Å². The fourth-order valence-electron chi connectivity index (χ4n) is 11.8. The number of fused-ring (bicyclic) bond motifs is 10. The van der Waals surface area contributed by atoms with Crippen molar-refractivity contribution in [3.8, 4) is 34.5 Å². The largest absolute Gasteiger partial charge is 0.504 e. The number of hydrogen-bond acceptors (Lipinski definition) is 14. The van der Waals surface area contributed by atoms with Crippen molar-refractivity contribution in [3.63, 3.8) is 0 Å². The van der Waals surface area contributed by atoms with Crippen LogP contribution >= 0.6 is 11.8 Å². The van der Waals surface area contributed by atoms with Crippen LogP contribution in [0.1, 0.15) is 89.2 Å². The second-order valence-electron chi connectivity index (χ2n) is 16.8. The summed E-state index contributed by atoms with van der Waals surface area (Å²) in [6, 6.07) is 6.96. The zero-order valence-corrected chi connectivity index (χ0v) is 33.8. The highest BCUT2D eigenvalue weighted by molar-refractivity contribution is 7.99. The number of piperazine rings is 1. The molecule has 13 nitrogen and oxygen atoms in total. The van der Waals surface area contributed by atoms with Gasteiger partial charge in [0.05, 0.1) is 31.6 Å². The van der Waals surface area contributed by atoms with Crippen molar-refractivity contribution < 1.29 is 47.5 Å². The Balaban J connectivity index is 1.17. The predicted octanol–water partition coefficient (Wildman–Crippen LogP) is 5.97. The molecule has 3 fully saturated rings. The molecule has 57 heavy (non-hydrogen) atoms. The van der Waals surface area contributed by atoms with Gasteiger partial charge in [0.15, 0.2) is 28.5 Å². The van der Waals surface area contributed by atoms with E-state index >= 15 is 0 Å². The third kappa shape index (κ3) is 4.36. The minimum atomic E-state index is -1.33. The van der Waals surface area contributed by atoms with Gasteiger partial charge in [-0.15, -0.1) is 11.8 Å². The standard InChI is InChI=1S/C43H45N3O10S/c1-18-12-25-29(34(48)35(18)51-7)32-33-39-31-30(38-37(53-17-54-38)19(2)36(31)55-21(4)47)27(45(33)20(3)26-14-42(25,5)46(26)32)15-52-41(49)43(16-57-39)40-23(10-11-44-43)24-13-22(50-6)8-9-28(24)56-40/h8-9,12-13,20,26-27,32-33,39,44,48H,10-11,14-17H2,1-7H3/t20-,26+,27-,32+,33+,39+,42+,43+/m0/s1. The van der Waals surface area contributed by atoms with Crippen molar-refractivity contribution in [1.29, 1.82) is 0 Å². The van der Waals surface area contributed by atoms with Gasteiger partial charge in [-0.05, 0) is 75.9 Å². The number of phenols is 1. The zero-order valence-electron chi connectivity index (χ0n) is 32.9. The molecular weight excluding hydrogens is 751 g/mol.